The molecule has 0 bridgehead atoms. The van der Waals surface area contributed by atoms with Gasteiger partial charge in [-0.15, -0.1) is 5.10 Å². The lowest BCUT2D eigenvalue weighted by molar-refractivity contribution is 0.174. The molecule has 1 aliphatic heterocycles. The number of hydrogen-bond donors (Lipinski definition) is 1. The number of ether oxygens (including phenoxy) is 3. The van der Waals surface area contributed by atoms with E-state index in [2.05, 4.69) is 29.0 Å². The Balaban J connectivity index is 1.79. The summed E-state index contributed by atoms with van der Waals surface area (Å²) in [6.45, 7) is 5.01. The molecule has 0 amide bonds. The summed E-state index contributed by atoms with van der Waals surface area (Å²) >= 11 is 0. The van der Waals surface area contributed by atoms with Gasteiger partial charge in [-0.1, -0.05) is 13.8 Å². The van der Waals surface area contributed by atoms with Gasteiger partial charge in [0, 0.05) is 5.56 Å². The Morgan fingerprint density at radius 3 is 3.00 bits per heavy atom. The van der Waals surface area contributed by atoms with Gasteiger partial charge in [-0.05, 0) is 24.1 Å². The second-order valence-corrected chi connectivity index (χ2v) is 4.74. The van der Waals surface area contributed by atoms with E-state index in [1.807, 2.05) is 18.2 Å². The third-order valence-corrected chi connectivity index (χ3v) is 2.66. The summed E-state index contributed by atoms with van der Waals surface area (Å²) in [5, 5.41) is 6.88. The van der Waals surface area contributed by atoms with Gasteiger partial charge in [0.1, 0.15) is 0 Å². The van der Waals surface area contributed by atoms with E-state index in [1.165, 1.54) is 0 Å². The van der Waals surface area contributed by atoms with Gasteiger partial charge >= 0.3 is 6.01 Å². The highest BCUT2D eigenvalue weighted by Crippen LogP contribution is 2.35. The molecule has 0 atom stereocenters. The first-order chi connectivity index (χ1) is 9.22. The van der Waals surface area contributed by atoms with Crippen LogP contribution in [-0.4, -0.2) is 28.6 Å². The summed E-state index contributed by atoms with van der Waals surface area (Å²) in [5.41, 5.74) is 0.885. The van der Waals surface area contributed by atoms with Crippen LogP contribution in [0.3, 0.4) is 0 Å². The van der Waals surface area contributed by atoms with Crippen molar-refractivity contribution >= 4 is 0 Å². The third-order valence-electron chi connectivity index (χ3n) is 2.66. The van der Waals surface area contributed by atoms with E-state index in [4.69, 9.17) is 14.2 Å². The van der Waals surface area contributed by atoms with E-state index >= 15 is 0 Å². The van der Waals surface area contributed by atoms with Crippen molar-refractivity contribution < 1.29 is 14.2 Å². The highest BCUT2D eigenvalue weighted by molar-refractivity contribution is 5.61. The first-order valence-electron chi connectivity index (χ1n) is 6.17. The lowest BCUT2D eigenvalue weighted by atomic mass is 10.2. The second-order valence-electron chi connectivity index (χ2n) is 4.74. The first kappa shape index (κ1) is 11.8. The molecule has 2 aromatic rings. The number of fused-ring (bicyclic) bond motifs is 1. The Kier molecular flexibility index (Phi) is 2.98. The van der Waals surface area contributed by atoms with Crippen LogP contribution >= 0.6 is 0 Å². The second kappa shape index (κ2) is 4.79. The molecule has 1 aliphatic rings. The van der Waals surface area contributed by atoms with Crippen LogP contribution in [-0.2, 0) is 0 Å². The molecule has 0 fully saturated rings. The first-order valence-corrected chi connectivity index (χ1v) is 6.17. The molecular weight excluding hydrogens is 246 g/mol. The van der Waals surface area contributed by atoms with Gasteiger partial charge in [-0.3, -0.25) is 5.10 Å². The maximum atomic E-state index is 5.45. The molecule has 0 spiro atoms. The van der Waals surface area contributed by atoms with E-state index in [0.29, 0.717) is 24.4 Å². The topological polar surface area (TPSA) is 69.3 Å². The summed E-state index contributed by atoms with van der Waals surface area (Å²) in [7, 11) is 0. The summed E-state index contributed by atoms with van der Waals surface area (Å²) in [5.74, 6) is 2.56. The highest BCUT2D eigenvalue weighted by atomic mass is 16.7. The molecule has 1 N–H and O–H groups in total. The quantitative estimate of drug-likeness (QED) is 0.914. The summed E-state index contributed by atoms with van der Waals surface area (Å²) < 4.78 is 16.0. The van der Waals surface area contributed by atoms with Crippen LogP contribution in [0.5, 0.6) is 17.5 Å². The third kappa shape index (κ3) is 2.47. The molecule has 0 aliphatic carbocycles. The van der Waals surface area contributed by atoms with E-state index in [0.717, 1.165) is 17.1 Å². The number of rotatable bonds is 4. The molecule has 3 rings (SSSR count). The molecule has 1 aromatic carbocycles. The van der Waals surface area contributed by atoms with Crippen LogP contribution in [0.15, 0.2) is 18.2 Å². The minimum absolute atomic E-state index is 0.262. The average molecular weight is 261 g/mol. The molecule has 6 nitrogen and oxygen atoms in total. The minimum Gasteiger partial charge on any atom is -0.462 e. The lowest BCUT2D eigenvalue weighted by Gasteiger charge is -2.03. The van der Waals surface area contributed by atoms with Crippen molar-refractivity contribution in [2.24, 2.45) is 5.92 Å². The van der Waals surface area contributed by atoms with E-state index in [-0.39, 0.29) is 6.79 Å². The van der Waals surface area contributed by atoms with Crippen molar-refractivity contribution in [1.29, 1.82) is 0 Å². The standard InChI is InChI=1S/C13H15N3O3/c1-8(2)6-17-13-14-12(15-16-13)9-3-4-10-11(5-9)19-7-18-10/h3-5,8H,6-7H2,1-2H3,(H,14,15,16). The van der Waals surface area contributed by atoms with Crippen molar-refractivity contribution in [2.45, 2.75) is 13.8 Å². The smallest absolute Gasteiger partial charge is 0.335 e. The zero-order chi connectivity index (χ0) is 13.2. The Morgan fingerprint density at radius 1 is 1.32 bits per heavy atom. The molecule has 6 heteroatoms. The number of nitrogens with one attached hydrogen (secondary N) is 1. The zero-order valence-corrected chi connectivity index (χ0v) is 10.8. The molecule has 1 aromatic heterocycles. The summed E-state index contributed by atoms with van der Waals surface area (Å²) in [6.07, 6.45) is 0. The molecule has 0 unspecified atom stereocenters. The Hall–Kier alpha value is -2.24. The summed E-state index contributed by atoms with van der Waals surface area (Å²) in [4.78, 5) is 4.29. The largest absolute Gasteiger partial charge is 0.462 e. The van der Waals surface area contributed by atoms with Gasteiger partial charge in [-0.2, -0.15) is 4.98 Å². The van der Waals surface area contributed by atoms with Gasteiger partial charge in [0.25, 0.3) is 0 Å². The predicted octanol–water partition coefficient (Wildman–Crippen LogP) is 2.24. The fourth-order valence-electron chi connectivity index (χ4n) is 1.73. The number of aromatic nitrogens is 3. The molecule has 100 valence electrons. The van der Waals surface area contributed by atoms with Crippen molar-refractivity contribution in [1.82, 2.24) is 15.2 Å². The van der Waals surface area contributed by atoms with E-state index in [9.17, 15) is 0 Å². The Labute approximate surface area is 110 Å². The monoisotopic (exact) mass is 261 g/mol. The molecule has 19 heavy (non-hydrogen) atoms. The number of hydrogen-bond acceptors (Lipinski definition) is 5. The lowest BCUT2D eigenvalue weighted by Crippen LogP contribution is -2.05. The molecule has 0 saturated carbocycles. The molecule has 0 radical (unpaired) electrons. The van der Waals surface area contributed by atoms with Crippen LogP contribution in [0.4, 0.5) is 0 Å². The Morgan fingerprint density at radius 2 is 2.16 bits per heavy atom. The van der Waals surface area contributed by atoms with Crippen LogP contribution in [0.2, 0.25) is 0 Å². The number of H-pyrrole nitrogens is 1. The normalized spacial score (nSPS) is 13.0. The Bertz CT molecular complexity index is 580. The number of nitrogens with zero attached hydrogens (tertiary/aromatic N) is 2. The fraction of sp³-hybridized carbons (Fsp3) is 0.385. The number of benzene rings is 1. The van der Waals surface area contributed by atoms with Crippen LogP contribution in [0.1, 0.15) is 13.8 Å². The SMILES string of the molecule is CC(C)COc1n[nH]c(-c2ccc3c(c2)OCO3)n1. The van der Waals surface area contributed by atoms with Gasteiger partial charge in [0.05, 0.1) is 6.61 Å². The summed E-state index contributed by atoms with van der Waals surface area (Å²) in [6, 6.07) is 5.99. The van der Waals surface area contributed by atoms with Gasteiger partial charge in [0.15, 0.2) is 17.3 Å². The van der Waals surface area contributed by atoms with Crippen molar-refractivity contribution in [3.63, 3.8) is 0 Å². The fourth-order valence-corrected chi connectivity index (χ4v) is 1.73. The maximum Gasteiger partial charge on any atom is 0.335 e. The van der Waals surface area contributed by atoms with Crippen molar-refractivity contribution in [3.05, 3.63) is 18.2 Å². The maximum absolute atomic E-state index is 5.45. The van der Waals surface area contributed by atoms with Gasteiger partial charge in [-0.25, -0.2) is 0 Å². The molecule has 2 heterocycles. The molecule has 0 saturated heterocycles. The van der Waals surface area contributed by atoms with E-state index < -0.39 is 0 Å². The zero-order valence-electron chi connectivity index (χ0n) is 10.8. The van der Waals surface area contributed by atoms with Gasteiger partial charge in [0.2, 0.25) is 6.79 Å². The number of aromatic amines is 1. The van der Waals surface area contributed by atoms with Crippen LogP contribution < -0.4 is 14.2 Å². The predicted molar refractivity (Wildman–Crippen MR) is 68.3 cm³/mol. The van der Waals surface area contributed by atoms with Crippen molar-refractivity contribution in [2.75, 3.05) is 13.4 Å². The van der Waals surface area contributed by atoms with Crippen LogP contribution in [0, 0.1) is 5.92 Å². The van der Waals surface area contributed by atoms with Crippen LogP contribution in [0.25, 0.3) is 11.4 Å². The molecular formula is C13H15N3O3. The van der Waals surface area contributed by atoms with Crippen molar-refractivity contribution in [3.8, 4) is 28.9 Å². The average Bonchev–Trinajstić information content (AvgIpc) is 3.04. The highest BCUT2D eigenvalue weighted by Gasteiger charge is 2.15. The van der Waals surface area contributed by atoms with Gasteiger partial charge < -0.3 is 14.2 Å². The minimum atomic E-state index is 0.262. The van der Waals surface area contributed by atoms with E-state index in [1.54, 1.807) is 0 Å².